The molecule has 2 aromatic carbocycles. The lowest BCUT2D eigenvalue weighted by Crippen LogP contribution is -2.30. The summed E-state index contributed by atoms with van der Waals surface area (Å²) < 4.78 is 10.9. The lowest BCUT2D eigenvalue weighted by Gasteiger charge is -2.07. The van der Waals surface area contributed by atoms with Crippen molar-refractivity contribution in [3.05, 3.63) is 71.8 Å². The van der Waals surface area contributed by atoms with Crippen LogP contribution in [-0.2, 0) is 32.3 Å². The summed E-state index contributed by atoms with van der Waals surface area (Å²) in [6.45, 7) is 1.79. The van der Waals surface area contributed by atoms with Crippen LogP contribution in [0.1, 0.15) is 114 Å². The smallest absolute Gasteiger partial charge is 0.325 e. The van der Waals surface area contributed by atoms with E-state index in [0.717, 1.165) is 31.6 Å². The SMILES string of the molecule is O=C(CCCCCCCCCCCCCCCCCOCc1ccccc1)NCC(=O)OCc1ccccc1. The summed E-state index contributed by atoms with van der Waals surface area (Å²) in [5, 5.41) is 2.66. The first-order chi connectivity index (χ1) is 19.2. The van der Waals surface area contributed by atoms with E-state index < -0.39 is 5.97 Å². The third-order valence-corrected chi connectivity index (χ3v) is 6.98. The monoisotopic (exact) mass is 537 g/mol. The van der Waals surface area contributed by atoms with Gasteiger partial charge in [0.15, 0.2) is 0 Å². The van der Waals surface area contributed by atoms with Crippen LogP contribution in [0.5, 0.6) is 0 Å². The molecular formula is C34H51NO4. The Kier molecular flexibility index (Phi) is 19.4. The third kappa shape index (κ3) is 19.1. The fourth-order valence-corrected chi connectivity index (χ4v) is 4.60. The maximum absolute atomic E-state index is 11.9. The number of esters is 1. The minimum absolute atomic E-state index is 0.0589. The highest BCUT2D eigenvalue weighted by atomic mass is 16.5. The molecule has 0 aliphatic carbocycles. The van der Waals surface area contributed by atoms with E-state index in [1.807, 2.05) is 36.4 Å². The molecule has 0 bridgehead atoms. The van der Waals surface area contributed by atoms with E-state index in [9.17, 15) is 9.59 Å². The van der Waals surface area contributed by atoms with Crippen molar-refractivity contribution in [2.75, 3.05) is 13.2 Å². The Hall–Kier alpha value is -2.66. The number of carbonyl (C=O) groups excluding carboxylic acids is 2. The molecule has 0 fully saturated rings. The van der Waals surface area contributed by atoms with Crippen LogP contribution in [0.15, 0.2) is 60.7 Å². The molecule has 0 aliphatic rings. The Balaban J connectivity index is 1.24. The van der Waals surface area contributed by atoms with Crippen LogP contribution in [0.4, 0.5) is 0 Å². The summed E-state index contributed by atoms with van der Waals surface area (Å²) in [6, 6.07) is 19.9. The summed E-state index contributed by atoms with van der Waals surface area (Å²) in [4.78, 5) is 23.7. The maximum Gasteiger partial charge on any atom is 0.325 e. The fraction of sp³-hybridized carbons (Fsp3) is 0.588. The predicted octanol–water partition coefficient (Wildman–Crippen LogP) is 8.30. The van der Waals surface area contributed by atoms with Gasteiger partial charge in [-0.05, 0) is 24.0 Å². The van der Waals surface area contributed by atoms with Gasteiger partial charge in [0.05, 0.1) is 6.61 Å². The van der Waals surface area contributed by atoms with Gasteiger partial charge in [-0.25, -0.2) is 0 Å². The summed E-state index contributed by atoms with van der Waals surface area (Å²) in [5.74, 6) is -0.469. The highest BCUT2D eigenvalue weighted by Crippen LogP contribution is 2.14. The zero-order valence-corrected chi connectivity index (χ0v) is 24.0. The van der Waals surface area contributed by atoms with Crippen molar-refractivity contribution in [3.8, 4) is 0 Å². The van der Waals surface area contributed by atoms with Crippen LogP contribution < -0.4 is 5.32 Å². The van der Waals surface area contributed by atoms with Gasteiger partial charge in [0, 0.05) is 13.0 Å². The van der Waals surface area contributed by atoms with Crippen LogP contribution in [0.3, 0.4) is 0 Å². The summed E-state index contributed by atoms with van der Waals surface area (Å²) >= 11 is 0. The summed E-state index contributed by atoms with van der Waals surface area (Å²) in [5.41, 5.74) is 2.20. The van der Waals surface area contributed by atoms with Crippen molar-refractivity contribution >= 4 is 11.9 Å². The van der Waals surface area contributed by atoms with E-state index in [4.69, 9.17) is 9.47 Å². The van der Waals surface area contributed by atoms with Gasteiger partial charge in [-0.1, -0.05) is 144 Å². The molecule has 0 aliphatic heterocycles. The Morgan fingerprint density at radius 3 is 1.49 bits per heavy atom. The normalized spacial score (nSPS) is 10.9. The lowest BCUT2D eigenvalue weighted by atomic mass is 10.0. The van der Waals surface area contributed by atoms with Crippen molar-refractivity contribution in [3.63, 3.8) is 0 Å². The Bertz CT molecular complexity index is 856. The molecule has 5 heteroatoms. The number of hydrogen-bond donors (Lipinski definition) is 1. The van der Waals surface area contributed by atoms with E-state index in [1.54, 1.807) is 0 Å². The minimum atomic E-state index is -0.400. The van der Waals surface area contributed by atoms with Crippen LogP contribution in [0, 0.1) is 0 Å². The van der Waals surface area contributed by atoms with Crippen LogP contribution in [0.25, 0.3) is 0 Å². The van der Waals surface area contributed by atoms with Gasteiger partial charge in [-0.3, -0.25) is 9.59 Å². The molecule has 0 saturated heterocycles. The standard InChI is InChI=1S/C34H51NO4/c36-33(35-28-34(37)39-30-32-24-18-15-19-25-32)26-20-12-10-8-6-4-2-1-3-5-7-9-11-13-21-27-38-29-31-22-16-14-17-23-31/h14-19,22-25H,1-13,20-21,26-30H2,(H,35,36). The molecule has 0 aromatic heterocycles. The third-order valence-electron chi connectivity index (χ3n) is 6.98. The van der Waals surface area contributed by atoms with Crippen molar-refractivity contribution in [1.82, 2.24) is 5.32 Å². The zero-order valence-electron chi connectivity index (χ0n) is 24.0. The van der Waals surface area contributed by atoms with Crippen LogP contribution in [-0.4, -0.2) is 25.0 Å². The van der Waals surface area contributed by atoms with Gasteiger partial charge < -0.3 is 14.8 Å². The minimum Gasteiger partial charge on any atom is -0.460 e. The molecule has 5 nitrogen and oxygen atoms in total. The average molecular weight is 538 g/mol. The second kappa shape index (κ2) is 23.2. The topological polar surface area (TPSA) is 64.6 Å². The number of nitrogens with one attached hydrogen (secondary N) is 1. The average Bonchev–Trinajstić information content (AvgIpc) is 2.97. The molecule has 0 heterocycles. The van der Waals surface area contributed by atoms with Crippen molar-refractivity contribution in [2.24, 2.45) is 0 Å². The number of ether oxygens (including phenoxy) is 2. The van der Waals surface area contributed by atoms with Gasteiger partial charge in [-0.15, -0.1) is 0 Å². The second-order valence-electron chi connectivity index (χ2n) is 10.5. The first-order valence-electron chi connectivity index (χ1n) is 15.3. The Morgan fingerprint density at radius 2 is 0.974 bits per heavy atom. The summed E-state index contributed by atoms with van der Waals surface area (Å²) in [6.07, 6.45) is 19.5. The molecule has 0 spiro atoms. The first kappa shape index (κ1) is 32.6. The van der Waals surface area contributed by atoms with Crippen LogP contribution >= 0.6 is 0 Å². The van der Waals surface area contributed by atoms with E-state index in [-0.39, 0.29) is 19.1 Å². The quantitative estimate of drug-likeness (QED) is 0.108. The number of carbonyl (C=O) groups is 2. The highest BCUT2D eigenvalue weighted by molar-refractivity contribution is 5.81. The first-order valence-corrected chi connectivity index (χ1v) is 15.3. The predicted molar refractivity (Wildman–Crippen MR) is 159 cm³/mol. The van der Waals surface area contributed by atoms with E-state index >= 15 is 0 Å². The molecule has 2 rings (SSSR count). The van der Waals surface area contributed by atoms with Gasteiger partial charge >= 0.3 is 5.97 Å². The van der Waals surface area contributed by atoms with Crippen LogP contribution in [0.2, 0.25) is 0 Å². The molecule has 39 heavy (non-hydrogen) atoms. The highest BCUT2D eigenvalue weighted by Gasteiger charge is 2.07. The molecule has 0 unspecified atom stereocenters. The molecule has 0 radical (unpaired) electrons. The lowest BCUT2D eigenvalue weighted by molar-refractivity contribution is -0.145. The second-order valence-corrected chi connectivity index (χ2v) is 10.5. The van der Waals surface area contributed by atoms with Crippen molar-refractivity contribution in [1.29, 1.82) is 0 Å². The fourth-order valence-electron chi connectivity index (χ4n) is 4.60. The van der Waals surface area contributed by atoms with Gasteiger partial charge in [0.1, 0.15) is 13.2 Å². The number of rotatable bonds is 24. The van der Waals surface area contributed by atoms with Gasteiger partial charge in [0.2, 0.25) is 5.91 Å². The molecule has 1 amide bonds. The maximum atomic E-state index is 11.9. The molecular weight excluding hydrogens is 486 g/mol. The zero-order chi connectivity index (χ0) is 27.6. The Labute approximate surface area is 237 Å². The molecule has 2 aromatic rings. The van der Waals surface area contributed by atoms with Gasteiger partial charge in [-0.2, -0.15) is 0 Å². The number of amides is 1. The van der Waals surface area contributed by atoms with E-state index in [2.05, 4.69) is 29.6 Å². The number of unbranched alkanes of at least 4 members (excludes halogenated alkanes) is 14. The van der Waals surface area contributed by atoms with Crippen molar-refractivity contribution < 1.29 is 19.1 Å². The summed E-state index contributed by atoms with van der Waals surface area (Å²) in [7, 11) is 0. The van der Waals surface area contributed by atoms with Crippen molar-refractivity contribution in [2.45, 2.75) is 116 Å². The number of benzene rings is 2. The molecule has 1 N–H and O–H groups in total. The van der Waals surface area contributed by atoms with E-state index in [1.165, 1.54) is 89.0 Å². The number of hydrogen-bond acceptors (Lipinski definition) is 4. The Morgan fingerprint density at radius 1 is 0.538 bits per heavy atom. The molecule has 0 atom stereocenters. The molecule has 216 valence electrons. The largest absolute Gasteiger partial charge is 0.460 e. The molecule has 0 saturated carbocycles. The van der Waals surface area contributed by atoms with Gasteiger partial charge in [0.25, 0.3) is 0 Å². The van der Waals surface area contributed by atoms with E-state index in [0.29, 0.717) is 6.42 Å².